The summed E-state index contributed by atoms with van der Waals surface area (Å²) in [6.45, 7) is 13.6. The van der Waals surface area contributed by atoms with Crippen molar-refractivity contribution in [3.63, 3.8) is 0 Å². The van der Waals surface area contributed by atoms with Gasteiger partial charge in [0.2, 0.25) is 11.8 Å². The van der Waals surface area contributed by atoms with Crippen molar-refractivity contribution in [3.05, 3.63) is 180 Å². The number of carbonyl (C=O) groups excluding carboxylic acids is 4. The van der Waals surface area contributed by atoms with Gasteiger partial charge in [-0.1, -0.05) is 51.3 Å². The molecule has 0 unspecified atom stereocenters. The molecule has 0 bridgehead atoms. The van der Waals surface area contributed by atoms with Crippen molar-refractivity contribution in [2.45, 2.75) is 45.2 Å². The molecule has 0 radical (unpaired) electrons. The van der Waals surface area contributed by atoms with Crippen LogP contribution in [0.1, 0.15) is 48.9 Å². The monoisotopic (exact) mass is 864 g/mol. The van der Waals surface area contributed by atoms with E-state index in [0.29, 0.717) is 60.6 Å². The second-order valence-corrected chi connectivity index (χ2v) is 17.0. The molecule has 0 saturated carbocycles. The van der Waals surface area contributed by atoms with Gasteiger partial charge in [-0.3, -0.25) is 19.2 Å². The van der Waals surface area contributed by atoms with Gasteiger partial charge < -0.3 is 28.7 Å². The lowest BCUT2D eigenvalue weighted by Crippen LogP contribution is -2.33. The van der Waals surface area contributed by atoms with Gasteiger partial charge in [-0.05, 0) is 120 Å². The summed E-state index contributed by atoms with van der Waals surface area (Å²) in [4.78, 5) is 56.5. The number of anilines is 4. The number of hydrogen-bond donors (Lipinski definition) is 0. The van der Waals surface area contributed by atoms with Gasteiger partial charge in [-0.15, -0.1) is 0 Å². The zero-order valence-corrected chi connectivity index (χ0v) is 35.9. The summed E-state index contributed by atoms with van der Waals surface area (Å²) in [5.74, 6) is 3.00. The maximum absolute atomic E-state index is 12.5. The van der Waals surface area contributed by atoms with Crippen LogP contribution in [-0.4, -0.2) is 37.1 Å². The molecule has 10 rings (SSSR count). The molecule has 12 nitrogen and oxygen atoms in total. The van der Waals surface area contributed by atoms with Crippen LogP contribution < -0.4 is 38.5 Å². The van der Waals surface area contributed by atoms with E-state index in [1.807, 2.05) is 84.9 Å². The molecule has 0 spiro atoms. The molecule has 324 valence electrons. The fraction of sp³-hybridized carbons (Fsp3) is 0.170. The van der Waals surface area contributed by atoms with Crippen molar-refractivity contribution in [2.24, 2.45) is 0 Å². The number of rotatable bonds is 10. The van der Waals surface area contributed by atoms with Crippen molar-refractivity contribution >= 4 is 46.4 Å². The Hall–Kier alpha value is -8.12. The molecule has 12 heteroatoms. The van der Waals surface area contributed by atoms with E-state index in [-0.39, 0.29) is 41.9 Å². The van der Waals surface area contributed by atoms with E-state index in [2.05, 4.69) is 61.1 Å². The van der Waals surface area contributed by atoms with Crippen LogP contribution in [0.25, 0.3) is 0 Å². The number of amides is 4. The number of fused-ring (bicyclic) bond motifs is 2. The number of ether oxygens (including phenoxy) is 4. The van der Waals surface area contributed by atoms with Crippen LogP contribution in [0.5, 0.6) is 34.5 Å². The van der Waals surface area contributed by atoms with Gasteiger partial charge in [0.1, 0.15) is 34.5 Å². The van der Waals surface area contributed by atoms with E-state index in [4.69, 9.17) is 18.9 Å². The van der Waals surface area contributed by atoms with E-state index < -0.39 is 0 Å². The van der Waals surface area contributed by atoms with Crippen LogP contribution in [0.2, 0.25) is 0 Å². The van der Waals surface area contributed by atoms with E-state index >= 15 is 0 Å². The normalized spacial score (nSPS) is 16.1. The van der Waals surface area contributed by atoms with Gasteiger partial charge in [0, 0.05) is 52.2 Å². The summed E-state index contributed by atoms with van der Waals surface area (Å²) < 4.78 is 24.5. The molecule has 0 aromatic heterocycles. The topological polar surface area (TPSA) is 118 Å². The second-order valence-electron chi connectivity index (χ2n) is 17.0. The molecule has 4 heterocycles. The molecular weight excluding hydrogens is 821 g/mol. The molecule has 0 atom stereocenters. The predicted molar refractivity (Wildman–Crippen MR) is 247 cm³/mol. The van der Waals surface area contributed by atoms with Crippen LogP contribution in [0, 0.1) is 0 Å². The summed E-state index contributed by atoms with van der Waals surface area (Å²) in [5, 5.41) is 0. The summed E-state index contributed by atoms with van der Waals surface area (Å²) in [6.07, 6.45) is 0.0715. The first kappa shape index (κ1) is 40.9. The molecule has 0 aliphatic carbocycles. The molecule has 6 aromatic rings. The van der Waals surface area contributed by atoms with E-state index in [9.17, 15) is 19.2 Å². The Morgan fingerprint density at radius 1 is 0.477 bits per heavy atom. The number of benzene rings is 6. The van der Waals surface area contributed by atoms with Crippen molar-refractivity contribution in [3.8, 4) is 34.5 Å². The van der Waals surface area contributed by atoms with Gasteiger partial charge in [0.05, 0.1) is 24.2 Å². The molecule has 4 amide bonds. The lowest BCUT2D eigenvalue weighted by Gasteiger charge is -2.31. The zero-order chi connectivity index (χ0) is 45.0. The summed E-state index contributed by atoms with van der Waals surface area (Å²) in [5.41, 5.74) is 7.24. The minimum absolute atomic E-state index is 0.0358. The standard InChI is InChI=1S/C53H44N4O8/c1-33-25-49(58)56(51(33)60)41-13-23-47-35(27-41)29-54(31-62-47)39-9-19-45(20-10-39)64-43-15-5-37(6-16-43)53(3,4)38-7-17-44(18-8-38)65-46-21-11-40(12-22-46)55-30-36-28-42(14-24-48(36)63-32-55)57-50(59)26-34(2)52(57)61/h5-24,27-28H,1-2,25-26,29-32H2,3-4H3. The molecule has 2 fully saturated rings. The first-order valence-electron chi connectivity index (χ1n) is 21.3. The second kappa shape index (κ2) is 16.2. The number of carbonyl (C=O) groups is 4. The Balaban J connectivity index is 0.734. The first-order valence-corrected chi connectivity index (χ1v) is 21.3. The highest BCUT2D eigenvalue weighted by molar-refractivity contribution is 6.28. The van der Waals surface area contributed by atoms with E-state index in [0.717, 1.165) is 56.6 Å². The molecule has 4 aliphatic rings. The number of imide groups is 2. The van der Waals surface area contributed by atoms with E-state index in [1.165, 1.54) is 9.80 Å². The van der Waals surface area contributed by atoms with Crippen molar-refractivity contribution < 1.29 is 38.1 Å². The van der Waals surface area contributed by atoms with Crippen molar-refractivity contribution in [1.29, 1.82) is 0 Å². The minimum atomic E-state index is -0.363. The molecule has 65 heavy (non-hydrogen) atoms. The van der Waals surface area contributed by atoms with Gasteiger partial charge >= 0.3 is 0 Å². The summed E-state index contributed by atoms with van der Waals surface area (Å²) >= 11 is 0. The van der Waals surface area contributed by atoms with Crippen molar-refractivity contribution in [2.75, 3.05) is 33.1 Å². The lowest BCUT2D eigenvalue weighted by atomic mass is 9.78. The third kappa shape index (κ3) is 7.84. The Kier molecular flexibility index (Phi) is 10.2. The predicted octanol–water partition coefficient (Wildman–Crippen LogP) is 9.95. The van der Waals surface area contributed by atoms with Gasteiger partial charge in [-0.25, -0.2) is 9.80 Å². The van der Waals surface area contributed by atoms with Crippen LogP contribution in [0.4, 0.5) is 22.7 Å². The largest absolute Gasteiger partial charge is 0.473 e. The maximum atomic E-state index is 12.5. The fourth-order valence-electron chi connectivity index (χ4n) is 8.58. The molecule has 2 saturated heterocycles. The minimum Gasteiger partial charge on any atom is -0.473 e. The first-order chi connectivity index (χ1) is 31.4. The van der Waals surface area contributed by atoms with Crippen LogP contribution in [-0.2, 0) is 37.7 Å². The van der Waals surface area contributed by atoms with Gasteiger partial charge in [-0.2, -0.15) is 0 Å². The lowest BCUT2D eigenvalue weighted by molar-refractivity contribution is -0.122. The highest BCUT2D eigenvalue weighted by Gasteiger charge is 2.36. The molecular formula is C53H44N4O8. The average molecular weight is 865 g/mol. The Morgan fingerprint density at radius 3 is 1.15 bits per heavy atom. The van der Waals surface area contributed by atoms with Crippen LogP contribution in [0.15, 0.2) is 158 Å². The van der Waals surface area contributed by atoms with Crippen LogP contribution in [0.3, 0.4) is 0 Å². The number of nitrogens with zero attached hydrogens (tertiary/aromatic N) is 4. The third-order valence-corrected chi connectivity index (χ3v) is 12.3. The average Bonchev–Trinajstić information content (AvgIpc) is 3.73. The van der Waals surface area contributed by atoms with E-state index in [1.54, 1.807) is 24.3 Å². The number of hydrogen-bond acceptors (Lipinski definition) is 10. The Labute approximate surface area is 376 Å². The fourth-order valence-corrected chi connectivity index (χ4v) is 8.58. The zero-order valence-electron chi connectivity index (χ0n) is 35.9. The highest BCUT2D eigenvalue weighted by atomic mass is 16.5. The smallest absolute Gasteiger partial charge is 0.260 e. The molecule has 6 aromatic carbocycles. The highest BCUT2D eigenvalue weighted by Crippen LogP contribution is 2.38. The Bertz CT molecular complexity index is 2730. The quantitative estimate of drug-likeness (QED) is 0.0973. The molecule has 4 aliphatic heterocycles. The van der Waals surface area contributed by atoms with Crippen molar-refractivity contribution in [1.82, 2.24) is 0 Å². The SMILES string of the molecule is C=C1CC(=O)N(c2ccc3c(c2)CN(c2ccc(Oc4ccc(C(C)(C)c5ccc(Oc6ccc(N7COc8ccc(N9C(=O)CC(=C)C9=O)cc8C7)cc6)cc5)cc4)cc2)CO3)C1=O. The summed E-state index contributed by atoms with van der Waals surface area (Å²) in [7, 11) is 0. The maximum Gasteiger partial charge on any atom is 0.260 e. The summed E-state index contributed by atoms with van der Waals surface area (Å²) in [6, 6.07) is 42.6. The van der Waals surface area contributed by atoms with Crippen LogP contribution >= 0.6 is 0 Å². The van der Waals surface area contributed by atoms with Gasteiger partial charge in [0.15, 0.2) is 13.5 Å². The third-order valence-electron chi connectivity index (χ3n) is 12.3. The van der Waals surface area contributed by atoms with Gasteiger partial charge in [0.25, 0.3) is 11.8 Å². The molecule has 0 N–H and O–H groups in total. The Morgan fingerprint density at radius 2 is 0.815 bits per heavy atom.